The normalized spacial score (nSPS) is 10.0. The third-order valence-corrected chi connectivity index (χ3v) is 2.83. The summed E-state index contributed by atoms with van der Waals surface area (Å²) in [5, 5.41) is 0. The Hall–Kier alpha value is -0.870. The van der Waals surface area contributed by atoms with Gasteiger partial charge in [-0.05, 0) is 46.3 Å². The van der Waals surface area contributed by atoms with Crippen molar-refractivity contribution in [1.29, 1.82) is 0 Å². The molecule has 0 saturated carbocycles. The second-order valence-corrected chi connectivity index (χ2v) is 4.62. The number of ether oxygens (including phenoxy) is 1. The summed E-state index contributed by atoms with van der Waals surface area (Å²) in [4.78, 5) is 4.12. The third kappa shape index (κ3) is 2.79. The Balaban J connectivity index is 2.26. The van der Waals surface area contributed by atoms with Crippen LogP contribution >= 0.6 is 31.9 Å². The number of nitrogens with zero attached hydrogens (tertiary/aromatic N) is 1. The summed E-state index contributed by atoms with van der Waals surface area (Å²) in [5.74, 6) is 1.32. The number of hydrogen-bond donors (Lipinski definition) is 0. The summed E-state index contributed by atoms with van der Waals surface area (Å²) in [6.07, 6.45) is 1.69. The Bertz CT molecular complexity index is 474. The quantitative estimate of drug-likeness (QED) is 0.815. The number of benzene rings is 1. The molecule has 1 heterocycles. The molecule has 0 amide bonds. The highest BCUT2D eigenvalue weighted by atomic mass is 79.9. The van der Waals surface area contributed by atoms with Gasteiger partial charge in [0.1, 0.15) is 5.75 Å². The number of halogens is 2. The SMILES string of the molecule is Brc1cccc(Oc2ncccc2Br)c1. The lowest BCUT2D eigenvalue weighted by Gasteiger charge is -2.05. The number of rotatable bonds is 2. The zero-order valence-electron chi connectivity index (χ0n) is 7.65. The highest BCUT2D eigenvalue weighted by Crippen LogP contribution is 2.28. The van der Waals surface area contributed by atoms with Crippen molar-refractivity contribution in [2.24, 2.45) is 0 Å². The predicted octanol–water partition coefficient (Wildman–Crippen LogP) is 4.40. The van der Waals surface area contributed by atoms with E-state index in [0.29, 0.717) is 5.88 Å². The van der Waals surface area contributed by atoms with E-state index >= 15 is 0 Å². The molecule has 0 aliphatic carbocycles. The molecular weight excluding hydrogens is 322 g/mol. The van der Waals surface area contributed by atoms with E-state index in [1.54, 1.807) is 6.20 Å². The van der Waals surface area contributed by atoms with Crippen molar-refractivity contribution in [3.63, 3.8) is 0 Å². The molecule has 15 heavy (non-hydrogen) atoms. The lowest BCUT2D eigenvalue weighted by Crippen LogP contribution is -1.88. The number of pyridine rings is 1. The Kier molecular flexibility index (Phi) is 3.38. The van der Waals surface area contributed by atoms with Crippen molar-refractivity contribution >= 4 is 31.9 Å². The molecule has 4 heteroatoms. The molecule has 76 valence electrons. The molecule has 0 N–H and O–H groups in total. The summed E-state index contributed by atoms with van der Waals surface area (Å²) in [6.45, 7) is 0. The fraction of sp³-hybridized carbons (Fsp3) is 0. The van der Waals surface area contributed by atoms with Crippen molar-refractivity contribution in [2.45, 2.75) is 0 Å². The largest absolute Gasteiger partial charge is 0.438 e. The van der Waals surface area contributed by atoms with E-state index in [1.165, 1.54) is 0 Å². The van der Waals surface area contributed by atoms with E-state index < -0.39 is 0 Å². The van der Waals surface area contributed by atoms with Crippen LogP contribution in [0.3, 0.4) is 0 Å². The fourth-order valence-corrected chi connectivity index (χ4v) is 1.80. The van der Waals surface area contributed by atoms with Crippen LogP contribution in [-0.2, 0) is 0 Å². The molecule has 0 saturated heterocycles. The molecule has 0 fully saturated rings. The van der Waals surface area contributed by atoms with Gasteiger partial charge in [0.2, 0.25) is 5.88 Å². The van der Waals surface area contributed by atoms with E-state index in [9.17, 15) is 0 Å². The first-order valence-electron chi connectivity index (χ1n) is 4.29. The van der Waals surface area contributed by atoms with Crippen molar-refractivity contribution in [2.75, 3.05) is 0 Å². The monoisotopic (exact) mass is 327 g/mol. The van der Waals surface area contributed by atoms with Crippen LogP contribution in [0.1, 0.15) is 0 Å². The first-order valence-corrected chi connectivity index (χ1v) is 5.88. The lowest BCUT2D eigenvalue weighted by atomic mass is 10.3. The first-order chi connectivity index (χ1) is 7.25. The molecule has 0 bridgehead atoms. The Labute approximate surface area is 105 Å². The Morgan fingerprint density at radius 2 is 1.93 bits per heavy atom. The second kappa shape index (κ2) is 4.77. The molecular formula is C11H7Br2NO. The third-order valence-electron chi connectivity index (χ3n) is 1.74. The smallest absolute Gasteiger partial charge is 0.233 e. The molecule has 0 spiro atoms. The van der Waals surface area contributed by atoms with Crippen molar-refractivity contribution in [3.8, 4) is 11.6 Å². The van der Waals surface area contributed by atoms with Crippen LogP contribution in [0.25, 0.3) is 0 Å². The van der Waals surface area contributed by atoms with Gasteiger partial charge in [0.05, 0.1) is 4.47 Å². The minimum absolute atomic E-state index is 0.565. The van der Waals surface area contributed by atoms with Crippen LogP contribution in [0.4, 0.5) is 0 Å². The molecule has 0 unspecified atom stereocenters. The standard InChI is InChI=1S/C11H7Br2NO/c12-8-3-1-4-9(7-8)15-11-10(13)5-2-6-14-11/h1-7H. The van der Waals surface area contributed by atoms with Gasteiger partial charge in [-0.2, -0.15) is 0 Å². The highest BCUT2D eigenvalue weighted by molar-refractivity contribution is 9.10. The van der Waals surface area contributed by atoms with Crippen molar-refractivity contribution in [3.05, 3.63) is 51.5 Å². The molecule has 1 aromatic heterocycles. The maximum Gasteiger partial charge on any atom is 0.233 e. The maximum atomic E-state index is 5.60. The minimum atomic E-state index is 0.565. The van der Waals surface area contributed by atoms with Crippen LogP contribution < -0.4 is 4.74 Å². The van der Waals surface area contributed by atoms with Crippen LogP contribution in [0.5, 0.6) is 11.6 Å². The van der Waals surface area contributed by atoms with E-state index in [2.05, 4.69) is 36.8 Å². The van der Waals surface area contributed by atoms with Crippen LogP contribution in [0, 0.1) is 0 Å². The molecule has 0 radical (unpaired) electrons. The van der Waals surface area contributed by atoms with Crippen LogP contribution in [0.15, 0.2) is 51.5 Å². The maximum absolute atomic E-state index is 5.60. The average molecular weight is 329 g/mol. The van der Waals surface area contributed by atoms with Crippen LogP contribution in [0.2, 0.25) is 0 Å². The van der Waals surface area contributed by atoms with E-state index in [0.717, 1.165) is 14.7 Å². The van der Waals surface area contributed by atoms with E-state index in [1.807, 2.05) is 36.4 Å². The minimum Gasteiger partial charge on any atom is -0.438 e. The zero-order chi connectivity index (χ0) is 10.7. The summed E-state index contributed by atoms with van der Waals surface area (Å²) in [7, 11) is 0. The van der Waals surface area contributed by atoms with Gasteiger partial charge in [0.25, 0.3) is 0 Å². The first kappa shape index (κ1) is 10.6. The van der Waals surface area contributed by atoms with Gasteiger partial charge < -0.3 is 4.74 Å². The zero-order valence-corrected chi connectivity index (χ0v) is 10.8. The number of hydrogen-bond acceptors (Lipinski definition) is 2. The molecule has 0 atom stereocenters. The van der Waals surface area contributed by atoms with Crippen molar-refractivity contribution in [1.82, 2.24) is 4.98 Å². The van der Waals surface area contributed by atoms with Gasteiger partial charge >= 0.3 is 0 Å². The van der Waals surface area contributed by atoms with Gasteiger partial charge in [-0.1, -0.05) is 22.0 Å². The molecule has 2 rings (SSSR count). The Morgan fingerprint density at radius 3 is 2.67 bits per heavy atom. The molecule has 2 nitrogen and oxygen atoms in total. The summed E-state index contributed by atoms with van der Waals surface area (Å²) in [6, 6.07) is 11.4. The van der Waals surface area contributed by atoms with Gasteiger partial charge in [0.15, 0.2) is 0 Å². The summed E-state index contributed by atoms with van der Waals surface area (Å²) < 4.78 is 7.42. The summed E-state index contributed by atoms with van der Waals surface area (Å²) >= 11 is 6.75. The molecule has 2 aromatic rings. The van der Waals surface area contributed by atoms with Gasteiger partial charge in [0, 0.05) is 10.7 Å². The number of aromatic nitrogens is 1. The van der Waals surface area contributed by atoms with Gasteiger partial charge in [-0.25, -0.2) is 4.98 Å². The van der Waals surface area contributed by atoms with Gasteiger partial charge in [-0.3, -0.25) is 0 Å². The molecule has 0 aliphatic heterocycles. The summed E-state index contributed by atoms with van der Waals surface area (Å²) in [5.41, 5.74) is 0. The van der Waals surface area contributed by atoms with Gasteiger partial charge in [-0.15, -0.1) is 0 Å². The molecule has 1 aromatic carbocycles. The predicted molar refractivity (Wildman–Crippen MR) is 66.2 cm³/mol. The van der Waals surface area contributed by atoms with Crippen molar-refractivity contribution < 1.29 is 4.74 Å². The highest BCUT2D eigenvalue weighted by Gasteiger charge is 2.02. The van der Waals surface area contributed by atoms with Crippen LogP contribution in [-0.4, -0.2) is 4.98 Å². The average Bonchev–Trinajstić information content (AvgIpc) is 2.22. The molecule has 0 aliphatic rings. The second-order valence-electron chi connectivity index (χ2n) is 2.85. The van der Waals surface area contributed by atoms with E-state index in [4.69, 9.17) is 4.74 Å². The van der Waals surface area contributed by atoms with E-state index in [-0.39, 0.29) is 0 Å². The fourth-order valence-electron chi connectivity index (χ4n) is 1.09. The Morgan fingerprint density at radius 1 is 1.07 bits per heavy atom. The topological polar surface area (TPSA) is 22.1 Å². The lowest BCUT2D eigenvalue weighted by molar-refractivity contribution is 0.459.